The third-order valence-corrected chi connectivity index (χ3v) is 4.38. The molecule has 1 aliphatic heterocycles. The van der Waals surface area contributed by atoms with Gasteiger partial charge in [-0.25, -0.2) is 0 Å². The van der Waals surface area contributed by atoms with E-state index in [1.807, 2.05) is 6.26 Å². The Hall–Kier alpha value is -0.840. The van der Waals surface area contributed by atoms with Gasteiger partial charge in [0, 0.05) is 31.3 Å². The smallest absolute Gasteiger partial charge is 0.122 e. The lowest BCUT2D eigenvalue weighted by molar-refractivity contribution is -0.00235. The van der Waals surface area contributed by atoms with E-state index in [1.165, 1.54) is 37.8 Å². The van der Waals surface area contributed by atoms with E-state index in [0.717, 1.165) is 44.5 Å². The molecular formula is C17H28N2O2. The third kappa shape index (κ3) is 4.56. The van der Waals surface area contributed by atoms with Crippen LogP contribution in [0.1, 0.15) is 50.4 Å². The highest BCUT2D eigenvalue weighted by atomic mass is 16.5. The van der Waals surface area contributed by atoms with Crippen molar-refractivity contribution in [1.29, 1.82) is 0 Å². The minimum absolute atomic E-state index is 0.415. The molecule has 4 heteroatoms. The Morgan fingerprint density at radius 3 is 3.10 bits per heavy atom. The van der Waals surface area contributed by atoms with Gasteiger partial charge in [0.25, 0.3) is 0 Å². The monoisotopic (exact) mass is 292 g/mol. The van der Waals surface area contributed by atoms with Gasteiger partial charge in [0.2, 0.25) is 0 Å². The standard InChI is InChI=1S/C17H28N2O2/c1-2-9-20-16-4-3-8-19(13-16)12-14-7-10-21-17(14)11-18-15-5-6-15/h7,10,15-16,18H,2-6,8-9,11-13H2,1H3. The van der Waals surface area contributed by atoms with Crippen molar-refractivity contribution in [2.24, 2.45) is 0 Å². The maximum absolute atomic E-state index is 5.92. The van der Waals surface area contributed by atoms with Crippen LogP contribution in [0.15, 0.2) is 16.7 Å². The van der Waals surface area contributed by atoms with E-state index in [2.05, 4.69) is 23.2 Å². The van der Waals surface area contributed by atoms with Gasteiger partial charge < -0.3 is 14.5 Å². The van der Waals surface area contributed by atoms with Crippen LogP contribution in [0.2, 0.25) is 0 Å². The first-order valence-electron chi connectivity index (χ1n) is 8.47. The highest BCUT2D eigenvalue weighted by Crippen LogP contribution is 2.22. The van der Waals surface area contributed by atoms with Crippen LogP contribution in [0.4, 0.5) is 0 Å². The zero-order chi connectivity index (χ0) is 14.5. The molecule has 2 heterocycles. The quantitative estimate of drug-likeness (QED) is 0.799. The lowest BCUT2D eigenvalue weighted by Gasteiger charge is -2.32. The van der Waals surface area contributed by atoms with Gasteiger partial charge in [-0.1, -0.05) is 6.92 Å². The molecule has 0 spiro atoms. The third-order valence-electron chi connectivity index (χ3n) is 4.38. The molecule has 1 saturated carbocycles. The summed E-state index contributed by atoms with van der Waals surface area (Å²) in [5, 5.41) is 3.54. The van der Waals surface area contributed by atoms with E-state index in [-0.39, 0.29) is 0 Å². The van der Waals surface area contributed by atoms with Gasteiger partial charge in [0.05, 0.1) is 18.9 Å². The van der Waals surface area contributed by atoms with Crippen molar-refractivity contribution >= 4 is 0 Å². The van der Waals surface area contributed by atoms with Crippen molar-refractivity contribution in [2.45, 2.75) is 64.3 Å². The van der Waals surface area contributed by atoms with E-state index < -0.39 is 0 Å². The normalized spacial score (nSPS) is 23.6. The van der Waals surface area contributed by atoms with Crippen molar-refractivity contribution in [2.75, 3.05) is 19.7 Å². The molecule has 118 valence electrons. The summed E-state index contributed by atoms with van der Waals surface area (Å²) in [4.78, 5) is 2.51. The van der Waals surface area contributed by atoms with Crippen molar-refractivity contribution < 1.29 is 9.15 Å². The van der Waals surface area contributed by atoms with E-state index >= 15 is 0 Å². The number of hydrogen-bond acceptors (Lipinski definition) is 4. The minimum Gasteiger partial charge on any atom is -0.468 e. The van der Waals surface area contributed by atoms with Crippen LogP contribution in [0, 0.1) is 0 Å². The van der Waals surface area contributed by atoms with E-state index in [9.17, 15) is 0 Å². The summed E-state index contributed by atoms with van der Waals surface area (Å²) < 4.78 is 11.6. The lowest BCUT2D eigenvalue weighted by atomic mass is 10.1. The van der Waals surface area contributed by atoms with Gasteiger partial charge in [-0.15, -0.1) is 0 Å². The molecule has 1 aromatic heterocycles. The van der Waals surface area contributed by atoms with Crippen molar-refractivity contribution in [3.8, 4) is 0 Å². The Kier molecular flexibility index (Phi) is 5.33. The first-order chi connectivity index (χ1) is 10.3. The minimum atomic E-state index is 0.415. The molecular weight excluding hydrogens is 264 g/mol. The molecule has 1 atom stereocenters. The summed E-state index contributed by atoms with van der Waals surface area (Å²) in [5.41, 5.74) is 1.33. The molecule has 1 saturated heterocycles. The Labute approximate surface area is 127 Å². The fraction of sp³-hybridized carbons (Fsp3) is 0.765. The van der Waals surface area contributed by atoms with Crippen molar-refractivity contribution in [1.82, 2.24) is 10.2 Å². The molecule has 0 radical (unpaired) electrons. The predicted molar refractivity (Wildman–Crippen MR) is 83.1 cm³/mol. The fourth-order valence-electron chi connectivity index (χ4n) is 3.01. The number of rotatable bonds is 8. The molecule has 1 N–H and O–H groups in total. The van der Waals surface area contributed by atoms with E-state index in [0.29, 0.717) is 6.10 Å². The Morgan fingerprint density at radius 1 is 1.38 bits per heavy atom. The SMILES string of the molecule is CCCOC1CCCN(Cc2ccoc2CNC2CC2)C1. The molecule has 4 nitrogen and oxygen atoms in total. The Bertz CT molecular complexity index is 428. The molecule has 1 aromatic rings. The first kappa shape index (κ1) is 15.1. The molecule has 0 amide bonds. The molecule has 0 bridgehead atoms. The second-order valence-corrected chi connectivity index (χ2v) is 6.39. The summed E-state index contributed by atoms with van der Waals surface area (Å²) >= 11 is 0. The number of likely N-dealkylation sites (tertiary alicyclic amines) is 1. The van der Waals surface area contributed by atoms with Crippen LogP contribution < -0.4 is 5.32 Å². The molecule has 21 heavy (non-hydrogen) atoms. The molecule has 1 unspecified atom stereocenters. The topological polar surface area (TPSA) is 37.6 Å². The predicted octanol–water partition coefficient (Wildman–Crippen LogP) is 2.92. The van der Waals surface area contributed by atoms with Crippen LogP contribution in [-0.4, -0.2) is 36.7 Å². The molecule has 1 aliphatic carbocycles. The average Bonchev–Trinajstić information content (AvgIpc) is 3.24. The summed E-state index contributed by atoms with van der Waals surface area (Å²) in [6.07, 6.45) is 8.43. The molecule has 3 rings (SSSR count). The summed E-state index contributed by atoms with van der Waals surface area (Å²) in [6.45, 7) is 7.15. The zero-order valence-electron chi connectivity index (χ0n) is 13.1. The number of nitrogens with zero attached hydrogens (tertiary/aromatic N) is 1. The molecule has 0 aromatic carbocycles. The van der Waals surface area contributed by atoms with Gasteiger partial charge in [0.1, 0.15) is 5.76 Å². The fourth-order valence-corrected chi connectivity index (χ4v) is 3.01. The van der Waals surface area contributed by atoms with E-state index in [4.69, 9.17) is 9.15 Å². The summed E-state index contributed by atoms with van der Waals surface area (Å²) in [5.74, 6) is 1.11. The van der Waals surface area contributed by atoms with Crippen molar-refractivity contribution in [3.63, 3.8) is 0 Å². The Morgan fingerprint density at radius 2 is 2.29 bits per heavy atom. The highest BCUT2D eigenvalue weighted by Gasteiger charge is 2.23. The average molecular weight is 292 g/mol. The van der Waals surface area contributed by atoms with Crippen LogP contribution in [0.3, 0.4) is 0 Å². The van der Waals surface area contributed by atoms with Gasteiger partial charge in [-0.05, 0) is 44.7 Å². The number of piperidine rings is 1. The van der Waals surface area contributed by atoms with Gasteiger partial charge in [-0.2, -0.15) is 0 Å². The number of furan rings is 1. The number of hydrogen-bond donors (Lipinski definition) is 1. The van der Waals surface area contributed by atoms with E-state index in [1.54, 1.807) is 0 Å². The molecule has 2 aliphatic rings. The van der Waals surface area contributed by atoms with Crippen LogP contribution in [0.25, 0.3) is 0 Å². The second-order valence-electron chi connectivity index (χ2n) is 6.39. The second kappa shape index (κ2) is 7.43. The van der Waals surface area contributed by atoms with Crippen molar-refractivity contribution in [3.05, 3.63) is 23.7 Å². The largest absolute Gasteiger partial charge is 0.468 e. The summed E-state index contributed by atoms with van der Waals surface area (Å²) in [7, 11) is 0. The van der Waals surface area contributed by atoms with Gasteiger partial charge >= 0.3 is 0 Å². The lowest BCUT2D eigenvalue weighted by Crippen LogP contribution is -2.39. The molecule has 2 fully saturated rings. The maximum Gasteiger partial charge on any atom is 0.122 e. The van der Waals surface area contributed by atoms with Crippen LogP contribution >= 0.6 is 0 Å². The maximum atomic E-state index is 5.92. The summed E-state index contributed by atoms with van der Waals surface area (Å²) in [6, 6.07) is 2.85. The van der Waals surface area contributed by atoms with Gasteiger partial charge in [-0.3, -0.25) is 4.90 Å². The number of ether oxygens (including phenoxy) is 1. The highest BCUT2D eigenvalue weighted by molar-refractivity contribution is 5.17. The van der Waals surface area contributed by atoms with Crippen LogP contribution in [0.5, 0.6) is 0 Å². The first-order valence-corrected chi connectivity index (χ1v) is 8.47. The number of nitrogens with one attached hydrogen (secondary N) is 1. The zero-order valence-corrected chi connectivity index (χ0v) is 13.1. The van der Waals surface area contributed by atoms with Crippen LogP contribution in [-0.2, 0) is 17.8 Å². The Balaban J connectivity index is 1.49. The van der Waals surface area contributed by atoms with Gasteiger partial charge in [0.15, 0.2) is 0 Å².